The van der Waals surface area contributed by atoms with E-state index in [0.717, 1.165) is 11.3 Å². The molecule has 1 unspecified atom stereocenters. The summed E-state index contributed by atoms with van der Waals surface area (Å²) in [5.41, 5.74) is 6.54. The Bertz CT molecular complexity index is 480. The van der Waals surface area contributed by atoms with Gasteiger partial charge in [-0.25, -0.2) is 0 Å². The first-order chi connectivity index (χ1) is 8.13. The molecule has 90 valence electrons. The molecule has 1 atom stereocenters. The average Bonchev–Trinajstić information content (AvgIpc) is 2.83. The molecule has 0 bridgehead atoms. The minimum atomic E-state index is -0.679. The number of tetrazole rings is 1. The predicted octanol–water partition coefficient (Wildman–Crippen LogP) is 0.625. The SMILES string of the molecule is COc1ccccc1CC(C)(N)c1nn[nH]n1. The van der Waals surface area contributed by atoms with Crippen molar-refractivity contribution in [3.63, 3.8) is 0 Å². The first-order valence-electron chi connectivity index (χ1n) is 5.28. The topological polar surface area (TPSA) is 89.7 Å². The Kier molecular flexibility index (Phi) is 3.06. The number of hydrogen-bond acceptors (Lipinski definition) is 5. The zero-order valence-electron chi connectivity index (χ0n) is 9.84. The van der Waals surface area contributed by atoms with E-state index in [4.69, 9.17) is 10.5 Å². The summed E-state index contributed by atoms with van der Waals surface area (Å²) < 4.78 is 5.29. The van der Waals surface area contributed by atoms with Crippen molar-refractivity contribution in [3.8, 4) is 5.75 Å². The molecule has 1 aromatic heterocycles. The molecular formula is C11H15N5O. The van der Waals surface area contributed by atoms with Gasteiger partial charge in [0, 0.05) is 6.42 Å². The van der Waals surface area contributed by atoms with E-state index in [1.54, 1.807) is 7.11 Å². The summed E-state index contributed by atoms with van der Waals surface area (Å²) in [6.45, 7) is 1.87. The zero-order valence-corrected chi connectivity index (χ0v) is 9.84. The minimum absolute atomic E-state index is 0.489. The fraction of sp³-hybridized carbons (Fsp3) is 0.364. The van der Waals surface area contributed by atoms with Gasteiger partial charge >= 0.3 is 0 Å². The highest BCUT2D eigenvalue weighted by Gasteiger charge is 2.27. The number of methoxy groups -OCH3 is 1. The molecule has 0 saturated heterocycles. The third-order valence-corrected chi connectivity index (χ3v) is 2.61. The van der Waals surface area contributed by atoms with Crippen LogP contribution in [0.3, 0.4) is 0 Å². The molecule has 1 aromatic carbocycles. The van der Waals surface area contributed by atoms with Gasteiger partial charge in [0.25, 0.3) is 0 Å². The minimum Gasteiger partial charge on any atom is -0.496 e. The van der Waals surface area contributed by atoms with Crippen molar-refractivity contribution < 1.29 is 4.74 Å². The van der Waals surface area contributed by atoms with E-state index in [1.807, 2.05) is 31.2 Å². The Labute approximate surface area is 99.2 Å². The second-order valence-corrected chi connectivity index (χ2v) is 4.14. The fourth-order valence-corrected chi connectivity index (χ4v) is 1.73. The van der Waals surface area contributed by atoms with Gasteiger partial charge in [0.15, 0.2) is 5.82 Å². The molecule has 3 N–H and O–H groups in total. The molecule has 0 aliphatic carbocycles. The van der Waals surface area contributed by atoms with E-state index in [0.29, 0.717) is 12.2 Å². The maximum Gasteiger partial charge on any atom is 0.194 e. The van der Waals surface area contributed by atoms with Crippen LogP contribution >= 0.6 is 0 Å². The third kappa shape index (κ3) is 2.42. The van der Waals surface area contributed by atoms with Crippen LogP contribution in [0.15, 0.2) is 24.3 Å². The molecule has 0 spiro atoms. The van der Waals surface area contributed by atoms with Crippen molar-refractivity contribution in [2.24, 2.45) is 5.73 Å². The molecule has 0 aliphatic heterocycles. The number of benzene rings is 1. The summed E-state index contributed by atoms with van der Waals surface area (Å²) >= 11 is 0. The number of ether oxygens (including phenoxy) is 1. The Morgan fingerprint density at radius 3 is 2.82 bits per heavy atom. The summed E-state index contributed by atoms with van der Waals surface area (Å²) in [4.78, 5) is 0. The molecule has 6 nitrogen and oxygen atoms in total. The molecule has 0 amide bonds. The van der Waals surface area contributed by atoms with Gasteiger partial charge in [-0.2, -0.15) is 5.21 Å². The van der Waals surface area contributed by atoms with Crippen molar-refractivity contribution in [3.05, 3.63) is 35.7 Å². The lowest BCUT2D eigenvalue weighted by Gasteiger charge is -2.21. The van der Waals surface area contributed by atoms with E-state index in [2.05, 4.69) is 20.6 Å². The number of aromatic nitrogens is 4. The van der Waals surface area contributed by atoms with Crippen LogP contribution in [0, 0.1) is 0 Å². The highest BCUT2D eigenvalue weighted by atomic mass is 16.5. The van der Waals surface area contributed by atoms with Gasteiger partial charge in [0.05, 0.1) is 12.6 Å². The number of H-pyrrole nitrogens is 1. The lowest BCUT2D eigenvalue weighted by molar-refractivity contribution is 0.395. The first kappa shape index (κ1) is 11.5. The summed E-state index contributed by atoms with van der Waals surface area (Å²) in [5.74, 6) is 1.30. The van der Waals surface area contributed by atoms with Gasteiger partial charge in [-0.3, -0.25) is 0 Å². The Morgan fingerprint density at radius 1 is 1.41 bits per heavy atom. The van der Waals surface area contributed by atoms with Gasteiger partial charge in [-0.05, 0) is 18.6 Å². The average molecular weight is 233 g/mol. The van der Waals surface area contributed by atoms with E-state index < -0.39 is 5.54 Å². The second-order valence-electron chi connectivity index (χ2n) is 4.14. The van der Waals surface area contributed by atoms with Gasteiger partial charge in [0.1, 0.15) is 5.75 Å². The van der Waals surface area contributed by atoms with E-state index in [1.165, 1.54) is 0 Å². The second kappa shape index (κ2) is 4.50. The van der Waals surface area contributed by atoms with Crippen molar-refractivity contribution in [2.75, 3.05) is 7.11 Å². The van der Waals surface area contributed by atoms with Crippen molar-refractivity contribution >= 4 is 0 Å². The Hall–Kier alpha value is -1.95. The van der Waals surface area contributed by atoms with Crippen molar-refractivity contribution in [1.29, 1.82) is 0 Å². The molecule has 17 heavy (non-hydrogen) atoms. The highest BCUT2D eigenvalue weighted by Crippen LogP contribution is 2.25. The quantitative estimate of drug-likeness (QED) is 0.808. The van der Waals surface area contributed by atoms with Crippen LogP contribution in [0.5, 0.6) is 5.75 Å². The molecule has 6 heteroatoms. The van der Waals surface area contributed by atoms with Crippen LogP contribution in [0.1, 0.15) is 18.3 Å². The van der Waals surface area contributed by atoms with Gasteiger partial charge in [0.2, 0.25) is 0 Å². The van der Waals surface area contributed by atoms with Crippen LogP contribution in [-0.2, 0) is 12.0 Å². The Morgan fingerprint density at radius 2 is 2.18 bits per heavy atom. The number of rotatable bonds is 4. The molecule has 0 aliphatic rings. The van der Waals surface area contributed by atoms with Gasteiger partial charge in [-0.1, -0.05) is 23.4 Å². The monoisotopic (exact) mass is 233 g/mol. The summed E-state index contributed by atoms with van der Waals surface area (Å²) in [5, 5.41) is 13.8. The van der Waals surface area contributed by atoms with Crippen LogP contribution in [0.4, 0.5) is 0 Å². The van der Waals surface area contributed by atoms with E-state index in [9.17, 15) is 0 Å². The smallest absolute Gasteiger partial charge is 0.194 e. The number of nitrogens with zero attached hydrogens (tertiary/aromatic N) is 3. The molecule has 0 radical (unpaired) electrons. The van der Waals surface area contributed by atoms with E-state index >= 15 is 0 Å². The third-order valence-electron chi connectivity index (χ3n) is 2.61. The summed E-state index contributed by atoms with van der Waals surface area (Å²) in [6.07, 6.45) is 0.580. The number of nitrogens with one attached hydrogen (secondary N) is 1. The molecule has 0 fully saturated rings. The maximum absolute atomic E-state index is 6.20. The largest absolute Gasteiger partial charge is 0.496 e. The standard InChI is InChI=1S/C11H15N5O/c1-11(12,10-13-15-16-14-10)7-8-5-3-4-6-9(8)17-2/h3-6H,7,12H2,1-2H3,(H,13,14,15,16). The van der Waals surface area contributed by atoms with Crippen LogP contribution < -0.4 is 10.5 Å². The summed E-state index contributed by atoms with van der Waals surface area (Å²) in [6, 6.07) is 7.75. The fourth-order valence-electron chi connectivity index (χ4n) is 1.73. The first-order valence-corrected chi connectivity index (χ1v) is 5.28. The van der Waals surface area contributed by atoms with Gasteiger partial charge < -0.3 is 10.5 Å². The predicted molar refractivity (Wildman–Crippen MR) is 62.4 cm³/mol. The lowest BCUT2D eigenvalue weighted by atomic mass is 9.93. The molecular weight excluding hydrogens is 218 g/mol. The number of para-hydroxylation sites is 1. The Balaban J connectivity index is 2.26. The summed E-state index contributed by atoms with van der Waals surface area (Å²) in [7, 11) is 1.64. The maximum atomic E-state index is 6.20. The van der Waals surface area contributed by atoms with Crippen molar-refractivity contribution in [2.45, 2.75) is 18.9 Å². The molecule has 2 aromatic rings. The number of hydrogen-bond donors (Lipinski definition) is 2. The molecule has 2 rings (SSSR count). The highest BCUT2D eigenvalue weighted by molar-refractivity contribution is 5.35. The lowest BCUT2D eigenvalue weighted by Crippen LogP contribution is -2.37. The number of aromatic amines is 1. The van der Waals surface area contributed by atoms with Crippen LogP contribution in [0.2, 0.25) is 0 Å². The molecule has 1 heterocycles. The molecule has 0 saturated carbocycles. The van der Waals surface area contributed by atoms with Crippen LogP contribution in [-0.4, -0.2) is 27.7 Å². The zero-order chi connectivity index (χ0) is 12.3. The van der Waals surface area contributed by atoms with Crippen LogP contribution in [0.25, 0.3) is 0 Å². The number of nitrogens with two attached hydrogens (primary N) is 1. The normalized spacial score (nSPS) is 14.3. The van der Waals surface area contributed by atoms with Crippen molar-refractivity contribution in [1.82, 2.24) is 20.6 Å². The van der Waals surface area contributed by atoms with E-state index in [-0.39, 0.29) is 0 Å². The van der Waals surface area contributed by atoms with Gasteiger partial charge in [-0.15, -0.1) is 10.2 Å².